The van der Waals surface area contributed by atoms with E-state index in [0.29, 0.717) is 16.7 Å². The van der Waals surface area contributed by atoms with Crippen LogP contribution in [0.25, 0.3) is 6.08 Å². The first-order chi connectivity index (χ1) is 17.3. The smallest absolute Gasteiger partial charge is 0.311 e. The molecule has 0 spiro atoms. The Morgan fingerprint density at radius 1 is 1.00 bits per heavy atom. The molecule has 184 valence electrons. The summed E-state index contributed by atoms with van der Waals surface area (Å²) in [4.78, 5) is 38.2. The monoisotopic (exact) mass is 487 g/mol. The molecular weight excluding hydrogens is 462 g/mol. The summed E-state index contributed by atoms with van der Waals surface area (Å²) in [6, 6.07) is 20.1. The van der Waals surface area contributed by atoms with E-state index in [9.17, 15) is 19.7 Å². The van der Waals surface area contributed by atoms with Crippen molar-refractivity contribution < 1.29 is 19.2 Å². The third-order valence-electron chi connectivity index (χ3n) is 5.03. The number of nitro benzene ring substituents is 1. The molecule has 3 aromatic rings. The first kappa shape index (κ1) is 25.6. The van der Waals surface area contributed by atoms with Crippen LogP contribution in [-0.4, -0.2) is 44.2 Å². The summed E-state index contributed by atoms with van der Waals surface area (Å²) in [5, 5.41) is 17.7. The number of nitrogens with one attached hydrogen (secondary N) is 2. The third kappa shape index (κ3) is 6.76. The molecule has 3 rings (SSSR count). The van der Waals surface area contributed by atoms with Crippen LogP contribution in [0.15, 0.2) is 83.6 Å². The van der Waals surface area contributed by atoms with Crippen LogP contribution in [0.1, 0.15) is 21.5 Å². The van der Waals surface area contributed by atoms with E-state index in [1.807, 2.05) is 43.3 Å². The maximum atomic E-state index is 12.9. The van der Waals surface area contributed by atoms with Crippen molar-refractivity contribution in [3.63, 3.8) is 0 Å². The first-order valence-electron chi connectivity index (χ1n) is 10.8. The third-order valence-corrected chi connectivity index (χ3v) is 5.03. The number of carbonyl (C=O) groups excluding carboxylic acids is 2. The fraction of sp³-hybridized carbons (Fsp3) is 0.115. The summed E-state index contributed by atoms with van der Waals surface area (Å²) in [6.07, 6.45) is 2.79. The number of nitrogens with zero attached hydrogens (tertiary/aromatic N) is 3. The summed E-state index contributed by atoms with van der Waals surface area (Å²) < 4.78 is 4.98. The molecule has 0 aliphatic heterocycles. The lowest BCUT2D eigenvalue weighted by atomic mass is 10.1. The summed E-state index contributed by atoms with van der Waals surface area (Å²) in [5.41, 5.74) is 4.52. The zero-order valence-electron chi connectivity index (χ0n) is 20.0. The molecule has 0 saturated carbocycles. The van der Waals surface area contributed by atoms with Gasteiger partial charge in [-0.3, -0.25) is 19.7 Å². The molecule has 0 atom stereocenters. The number of amides is 2. The van der Waals surface area contributed by atoms with Crippen LogP contribution in [0.3, 0.4) is 0 Å². The summed E-state index contributed by atoms with van der Waals surface area (Å²) in [5.74, 6) is -1.03. The Labute approximate surface area is 208 Å². The highest BCUT2D eigenvalue weighted by molar-refractivity contribution is 6.05. The van der Waals surface area contributed by atoms with Crippen LogP contribution < -0.4 is 20.4 Å². The number of anilines is 1. The average Bonchev–Trinajstić information content (AvgIpc) is 2.88. The van der Waals surface area contributed by atoms with E-state index < -0.39 is 16.7 Å². The lowest BCUT2D eigenvalue weighted by molar-refractivity contribution is -0.385. The number of benzene rings is 3. The second-order valence-corrected chi connectivity index (χ2v) is 7.75. The fourth-order valence-electron chi connectivity index (χ4n) is 3.13. The number of rotatable bonds is 9. The molecular formula is C26H25N5O5. The zero-order chi connectivity index (χ0) is 26.1. The maximum absolute atomic E-state index is 12.9. The largest absolute Gasteiger partial charge is 0.490 e. The van der Waals surface area contributed by atoms with Crippen molar-refractivity contribution in [1.29, 1.82) is 0 Å². The van der Waals surface area contributed by atoms with Gasteiger partial charge in [-0.25, -0.2) is 5.43 Å². The van der Waals surface area contributed by atoms with Crippen LogP contribution in [0.2, 0.25) is 0 Å². The van der Waals surface area contributed by atoms with Gasteiger partial charge in [-0.1, -0.05) is 30.3 Å². The minimum absolute atomic E-state index is 0.0284. The van der Waals surface area contributed by atoms with Crippen molar-refractivity contribution in [3.8, 4) is 5.75 Å². The van der Waals surface area contributed by atoms with Crippen molar-refractivity contribution in [2.75, 3.05) is 26.1 Å². The van der Waals surface area contributed by atoms with E-state index in [2.05, 4.69) is 15.8 Å². The maximum Gasteiger partial charge on any atom is 0.311 e. The van der Waals surface area contributed by atoms with Gasteiger partial charge in [-0.05, 0) is 48.0 Å². The predicted octanol–water partition coefficient (Wildman–Crippen LogP) is 3.59. The molecule has 0 aromatic heterocycles. The molecule has 10 heteroatoms. The lowest BCUT2D eigenvalue weighted by Gasteiger charge is -2.12. The van der Waals surface area contributed by atoms with Crippen molar-refractivity contribution >= 4 is 35.5 Å². The molecule has 2 N–H and O–H groups in total. The van der Waals surface area contributed by atoms with Gasteiger partial charge in [0.05, 0.1) is 18.2 Å². The van der Waals surface area contributed by atoms with Crippen LogP contribution in [0.4, 0.5) is 11.4 Å². The zero-order valence-corrected chi connectivity index (χ0v) is 20.0. The van der Waals surface area contributed by atoms with E-state index in [1.54, 1.807) is 36.4 Å². The van der Waals surface area contributed by atoms with Crippen molar-refractivity contribution in [2.24, 2.45) is 5.10 Å². The number of ether oxygens (including phenoxy) is 1. The van der Waals surface area contributed by atoms with E-state index >= 15 is 0 Å². The Morgan fingerprint density at radius 2 is 1.67 bits per heavy atom. The molecule has 0 unspecified atom stereocenters. The van der Waals surface area contributed by atoms with Crippen molar-refractivity contribution in [3.05, 3.63) is 105 Å². The number of hydrogen-bond acceptors (Lipinski definition) is 7. The minimum atomic E-state index is -0.671. The normalized spacial score (nSPS) is 11.1. The topological polar surface area (TPSA) is 126 Å². The number of methoxy groups -OCH3 is 1. The number of hydrogen-bond donors (Lipinski definition) is 2. The van der Waals surface area contributed by atoms with Gasteiger partial charge in [0, 0.05) is 37.0 Å². The molecule has 0 aliphatic rings. The molecule has 10 nitrogen and oxygen atoms in total. The Bertz CT molecular complexity index is 1300. The number of nitro groups is 1. The average molecular weight is 488 g/mol. The minimum Gasteiger partial charge on any atom is -0.490 e. The second kappa shape index (κ2) is 11.9. The van der Waals surface area contributed by atoms with Gasteiger partial charge >= 0.3 is 5.69 Å². The van der Waals surface area contributed by atoms with E-state index in [0.717, 1.165) is 5.69 Å². The van der Waals surface area contributed by atoms with Gasteiger partial charge in [-0.2, -0.15) is 5.10 Å². The first-order valence-corrected chi connectivity index (χ1v) is 10.8. The van der Waals surface area contributed by atoms with Crippen LogP contribution in [-0.2, 0) is 4.79 Å². The quantitative estimate of drug-likeness (QED) is 0.206. The van der Waals surface area contributed by atoms with Crippen LogP contribution in [0.5, 0.6) is 5.75 Å². The summed E-state index contributed by atoms with van der Waals surface area (Å²) in [6.45, 7) is 0. The summed E-state index contributed by atoms with van der Waals surface area (Å²) in [7, 11) is 5.17. The molecule has 0 heterocycles. The highest BCUT2D eigenvalue weighted by Crippen LogP contribution is 2.26. The number of carbonyl (C=O) groups is 2. The molecule has 0 fully saturated rings. The number of hydrazone groups is 1. The summed E-state index contributed by atoms with van der Waals surface area (Å²) >= 11 is 0. The van der Waals surface area contributed by atoms with Gasteiger partial charge in [0.1, 0.15) is 5.70 Å². The molecule has 3 aromatic carbocycles. The molecule has 36 heavy (non-hydrogen) atoms. The van der Waals surface area contributed by atoms with E-state index in [1.165, 1.54) is 31.5 Å². The molecule has 0 radical (unpaired) electrons. The van der Waals surface area contributed by atoms with Gasteiger partial charge in [0.15, 0.2) is 5.75 Å². The standard InChI is InChI=1S/C26H25N5O5/c1-30(2)21-12-9-18(10-13-21)15-22(28-25(32)20-7-5-4-6-8-20)26(33)29-27-17-19-11-14-24(36-3)23(16-19)31(34)35/h4-17H,1-3H3,(H,28,32)(H,29,33)/b22-15-,27-17-. The Kier molecular flexibility index (Phi) is 8.49. The Balaban J connectivity index is 1.83. The van der Waals surface area contributed by atoms with E-state index in [-0.39, 0.29) is 17.1 Å². The Morgan fingerprint density at radius 3 is 2.28 bits per heavy atom. The van der Waals surface area contributed by atoms with E-state index in [4.69, 9.17) is 4.74 Å². The molecule has 2 amide bonds. The molecule has 0 saturated heterocycles. The van der Waals surface area contributed by atoms with Gasteiger partial charge < -0.3 is 15.0 Å². The highest BCUT2D eigenvalue weighted by Gasteiger charge is 2.16. The van der Waals surface area contributed by atoms with Crippen LogP contribution >= 0.6 is 0 Å². The highest BCUT2D eigenvalue weighted by atomic mass is 16.6. The van der Waals surface area contributed by atoms with Gasteiger partial charge in [0.2, 0.25) is 0 Å². The molecule has 0 bridgehead atoms. The predicted molar refractivity (Wildman–Crippen MR) is 138 cm³/mol. The SMILES string of the molecule is COc1ccc(/C=N\NC(=O)/C(=C/c2ccc(N(C)C)cc2)NC(=O)c2ccccc2)cc1[N+](=O)[O-]. The molecule has 0 aliphatic carbocycles. The van der Waals surface area contributed by atoms with Gasteiger partial charge in [-0.15, -0.1) is 0 Å². The van der Waals surface area contributed by atoms with Crippen molar-refractivity contribution in [1.82, 2.24) is 10.7 Å². The fourth-order valence-corrected chi connectivity index (χ4v) is 3.13. The lowest BCUT2D eigenvalue weighted by Crippen LogP contribution is -2.32. The van der Waals surface area contributed by atoms with Crippen molar-refractivity contribution in [2.45, 2.75) is 0 Å². The van der Waals surface area contributed by atoms with Gasteiger partial charge in [0.25, 0.3) is 11.8 Å². The second-order valence-electron chi connectivity index (χ2n) is 7.75. The van der Waals surface area contributed by atoms with Crippen LogP contribution in [0, 0.1) is 10.1 Å². The Hall–Kier alpha value is -4.99.